The normalized spacial score (nSPS) is 10.6. The Hall–Kier alpha value is -1.65. The van der Waals surface area contributed by atoms with Crippen LogP contribution in [0.4, 0.5) is 0 Å². The van der Waals surface area contributed by atoms with Crippen molar-refractivity contribution < 1.29 is 9.47 Å². The molecule has 0 saturated carbocycles. The summed E-state index contributed by atoms with van der Waals surface area (Å²) < 4.78 is 13.2. The first-order valence-corrected chi connectivity index (χ1v) is 8.77. The zero-order valence-electron chi connectivity index (χ0n) is 13.6. The maximum absolute atomic E-state index is 6.21. The first kappa shape index (κ1) is 18.7. The molecule has 2 aromatic rings. The number of aryl methyl sites for hydroxylation is 1. The third-order valence-corrected chi connectivity index (χ3v) is 4.02. The summed E-state index contributed by atoms with van der Waals surface area (Å²) in [7, 11) is 0. The summed E-state index contributed by atoms with van der Waals surface area (Å²) in [6, 6.07) is 3.41. The Morgan fingerprint density at radius 1 is 1.08 bits per heavy atom. The Bertz CT molecular complexity index is 607. The Balaban J connectivity index is 1.67. The van der Waals surface area contributed by atoms with E-state index in [1.165, 1.54) is 0 Å². The third kappa shape index (κ3) is 6.10. The lowest BCUT2D eigenvalue weighted by atomic mass is 10.2. The van der Waals surface area contributed by atoms with Crippen LogP contribution in [-0.4, -0.2) is 22.8 Å². The molecule has 1 aromatic heterocycles. The van der Waals surface area contributed by atoms with Gasteiger partial charge in [-0.25, -0.2) is 4.98 Å². The number of hydrogen-bond donors (Lipinski definition) is 0. The predicted octanol–water partition coefficient (Wildman–Crippen LogP) is 5.39. The van der Waals surface area contributed by atoms with Crippen LogP contribution >= 0.6 is 23.2 Å². The number of rotatable bonds is 11. The highest BCUT2D eigenvalue weighted by Gasteiger charge is 2.10. The maximum atomic E-state index is 6.21. The van der Waals surface area contributed by atoms with Crippen molar-refractivity contribution in [3.05, 3.63) is 53.6 Å². The summed E-state index contributed by atoms with van der Waals surface area (Å²) >= 11 is 12.4. The molecule has 0 spiro atoms. The molecule has 0 N–H and O–H groups in total. The van der Waals surface area contributed by atoms with Gasteiger partial charge in [-0.1, -0.05) is 48.7 Å². The molecule has 0 aliphatic heterocycles. The SMILES string of the molecule is C=CCOc1cc(Cl)c(OCCCCCCn2ccnc2)c(Cl)c1. The number of unbranched alkanes of at least 4 members (excludes halogenated alkanes) is 3. The molecule has 0 aliphatic rings. The average molecular weight is 369 g/mol. The van der Waals surface area contributed by atoms with Gasteiger partial charge in [-0.05, 0) is 12.8 Å². The molecule has 0 atom stereocenters. The van der Waals surface area contributed by atoms with Crippen molar-refractivity contribution in [2.24, 2.45) is 0 Å². The van der Waals surface area contributed by atoms with Crippen molar-refractivity contribution in [3.63, 3.8) is 0 Å². The van der Waals surface area contributed by atoms with Gasteiger partial charge in [0.05, 0.1) is 23.0 Å². The highest BCUT2D eigenvalue weighted by molar-refractivity contribution is 6.37. The summed E-state index contributed by atoms with van der Waals surface area (Å²) in [6.07, 6.45) is 11.6. The van der Waals surface area contributed by atoms with Crippen LogP contribution in [0.25, 0.3) is 0 Å². The van der Waals surface area contributed by atoms with E-state index >= 15 is 0 Å². The largest absolute Gasteiger partial charge is 0.490 e. The molecular weight excluding hydrogens is 347 g/mol. The first-order valence-electron chi connectivity index (χ1n) is 8.02. The van der Waals surface area contributed by atoms with Crippen LogP contribution in [0.5, 0.6) is 11.5 Å². The molecule has 2 rings (SSSR count). The molecule has 0 bridgehead atoms. The van der Waals surface area contributed by atoms with E-state index in [0.717, 1.165) is 32.2 Å². The van der Waals surface area contributed by atoms with Crippen molar-refractivity contribution >= 4 is 23.2 Å². The smallest absolute Gasteiger partial charge is 0.156 e. The van der Waals surface area contributed by atoms with Gasteiger partial charge in [-0.15, -0.1) is 0 Å². The zero-order valence-corrected chi connectivity index (χ0v) is 15.1. The minimum Gasteiger partial charge on any atom is -0.490 e. The van der Waals surface area contributed by atoms with Gasteiger partial charge in [-0.3, -0.25) is 0 Å². The average Bonchev–Trinajstić information content (AvgIpc) is 3.07. The maximum Gasteiger partial charge on any atom is 0.156 e. The Kier molecular flexibility index (Phi) is 7.99. The number of halogens is 2. The van der Waals surface area contributed by atoms with Gasteiger partial charge in [0.15, 0.2) is 5.75 Å². The van der Waals surface area contributed by atoms with E-state index in [1.54, 1.807) is 24.4 Å². The molecule has 0 fully saturated rings. The van der Waals surface area contributed by atoms with E-state index in [0.29, 0.717) is 34.8 Å². The van der Waals surface area contributed by atoms with Crippen LogP contribution in [0, 0.1) is 0 Å². The van der Waals surface area contributed by atoms with Crippen molar-refractivity contribution in [3.8, 4) is 11.5 Å². The molecule has 0 saturated heterocycles. The lowest BCUT2D eigenvalue weighted by molar-refractivity contribution is 0.303. The summed E-state index contributed by atoms with van der Waals surface area (Å²) in [6.45, 7) is 5.61. The van der Waals surface area contributed by atoms with Gasteiger partial charge in [0.25, 0.3) is 0 Å². The molecule has 1 heterocycles. The second-order valence-corrected chi connectivity index (χ2v) is 6.19. The summed E-state index contributed by atoms with van der Waals surface area (Å²) in [5.74, 6) is 1.12. The summed E-state index contributed by atoms with van der Waals surface area (Å²) in [5.41, 5.74) is 0. The van der Waals surface area contributed by atoms with Crippen molar-refractivity contribution in [2.45, 2.75) is 32.2 Å². The molecule has 24 heavy (non-hydrogen) atoms. The minimum atomic E-state index is 0.409. The second kappa shape index (κ2) is 10.3. The Labute approximate surface area is 153 Å². The topological polar surface area (TPSA) is 36.3 Å². The lowest BCUT2D eigenvalue weighted by Gasteiger charge is -2.12. The van der Waals surface area contributed by atoms with Crippen LogP contribution in [-0.2, 0) is 6.54 Å². The van der Waals surface area contributed by atoms with E-state index in [4.69, 9.17) is 32.7 Å². The highest BCUT2D eigenvalue weighted by Crippen LogP contribution is 2.37. The second-order valence-electron chi connectivity index (χ2n) is 5.38. The van der Waals surface area contributed by atoms with Gasteiger partial charge >= 0.3 is 0 Å². The standard InChI is InChI=1S/C18H22Cl2N2O2/c1-2-10-23-15-12-16(19)18(17(20)13-15)24-11-6-4-3-5-8-22-9-7-21-14-22/h2,7,9,12-14H,1,3-6,8,10-11H2. The summed E-state index contributed by atoms with van der Waals surface area (Å²) in [4.78, 5) is 4.03. The van der Waals surface area contributed by atoms with Crippen molar-refractivity contribution in [1.29, 1.82) is 0 Å². The van der Waals surface area contributed by atoms with Crippen molar-refractivity contribution in [2.75, 3.05) is 13.2 Å². The van der Waals surface area contributed by atoms with E-state index < -0.39 is 0 Å². The van der Waals surface area contributed by atoms with E-state index in [-0.39, 0.29) is 0 Å². The van der Waals surface area contributed by atoms with Crippen LogP contribution in [0.2, 0.25) is 10.0 Å². The number of benzene rings is 1. The highest BCUT2D eigenvalue weighted by atomic mass is 35.5. The molecule has 1 aromatic carbocycles. The fourth-order valence-electron chi connectivity index (χ4n) is 2.26. The number of hydrogen-bond acceptors (Lipinski definition) is 3. The van der Waals surface area contributed by atoms with Crippen LogP contribution in [0.3, 0.4) is 0 Å². The lowest BCUT2D eigenvalue weighted by Crippen LogP contribution is -2.00. The predicted molar refractivity (Wildman–Crippen MR) is 98.3 cm³/mol. The van der Waals surface area contributed by atoms with Gasteiger partial charge in [-0.2, -0.15) is 0 Å². The number of ether oxygens (including phenoxy) is 2. The Morgan fingerprint density at radius 2 is 1.83 bits per heavy atom. The van der Waals surface area contributed by atoms with Gasteiger partial charge in [0, 0.05) is 31.1 Å². The first-order chi connectivity index (χ1) is 11.7. The molecule has 0 radical (unpaired) electrons. The monoisotopic (exact) mass is 368 g/mol. The van der Waals surface area contributed by atoms with Crippen molar-refractivity contribution in [1.82, 2.24) is 9.55 Å². The number of nitrogens with zero attached hydrogens (tertiary/aromatic N) is 2. The van der Waals surface area contributed by atoms with E-state index in [9.17, 15) is 0 Å². The van der Waals surface area contributed by atoms with Gasteiger partial charge in [0.2, 0.25) is 0 Å². The van der Waals surface area contributed by atoms with E-state index in [2.05, 4.69) is 16.1 Å². The quantitative estimate of drug-likeness (QED) is 0.393. The fraction of sp³-hybridized carbons (Fsp3) is 0.389. The fourth-order valence-corrected chi connectivity index (χ4v) is 2.83. The molecule has 0 unspecified atom stereocenters. The zero-order chi connectivity index (χ0) is 17.2. The summed E-state index contributed by atoms with van der Waals surface area (Å²) in [5, 5.41) is 0.920. The van der Waals surface area contributed by atoms with Gasteiger partial charge in [0.1, 0.15) is 12.4 Å². The molecule has 0 aliphatic carbocycles. The van der Waals surface area contributed by atoms with Gasteiger partial charge < -0.3 is 14.0 Å². The minimum absolute atomic E-state index is 0.409. The molecule has 4 nitrogen and oxygen atoms in total. The molecule has 130 valence electrons. The van der Waals surface area contributed by atoms with E-state index in [1.807, 2.05) is 12.5 Å². The Morgan fingerprint density at radius 3 is 2.50 bits per heavy atom. The number of aromatic nitrogens is 2. The molecular formula is C18H22Cl2N2O2. The van der Waals surface area contributed by atoms with Crippen LogP contribution < -0.4 is 9.47 Å². The molecule has 0 amide bonds. The third-order valence-electron chi connectivity index (χ3n) is 3.46. The van der Waals surface area contributed by atoms with Crippen LogP contribution in [0.1, 0.15) is 25.7 Å². The molecule has 6 heteroatoms. The van der Waals surface area contributed by atoms with Crippen LogP contribution in [0.15, 0.2) is 43.5 Å². The number of imidazole rings is 1.